The molecular weight excluding hydrogens is 554 g/mol. The minimum absolute atomic E-state index is 0.0304. The number of hydrogen-bond donors (Lipinski definition) is 1. The Balaban J connectivity index is 2.12. The number of ether oxygens (including phenoxy) is 2. The molecule has 2 amide bonds. The highest BCUT2D eigenvalue weighted by molar-refractivity contribution is 7.92. The Kier molecular flexibility index (Phi) is 10.6. The van der Waals surface area contributed by atoms with Crippen LogP contribution in [0.3, 0.4) is 0 Å². The number of nitrogens with one attached hydrogen (secondary N) is 1. The van der Waals surface area contributed by atoms with E-state index in [1.54, 1.807) is 24.3 Å². The molecule has 9 nitrogen and oxygen atoms in total. The summed E-state index contributed by atoms with van der Waals surface area (Å²) < 4.78 is 40.0. The van der Waals surface area contributed by atoms with Crippen molar-refractivity contribution >= 4 is 27.5 Å². The Morgan fingerprint density at radius 3 is 2.07 bits per heavy atom. The first kappa shape index (κ1) is 32.5. The number of amides is 2. The molecule has 3 rings (SSSR count). The number of rotatable bonds is 12. The van der Waals surface area contributed by atoms with Crippen LogP contribution in [0.2, 0.25) is 0 Å². The maximum Gasteiger partial charge on any atom is 0.264 e. The van der Waals surface area contributed by atoms with Crippen LogP contribution in [0.25, 0.3) is 0 Å². The van der Waals surface area contributed by atoms with Gasteiger partial charge in [-0.15, -0.1) is 0 Å². The van der Waals surface area contributed by atoms with Gasteiger partial charge in [-0.3, -0.25) is 13.9 Å². The Morgan fingerprint density at radius 2 is 1.52 bits per heavy atom. The van der Waals surface area contributed by atoms with Gasteiger partial charge in [0.2, 0.25) is 11.8 Å². The van der Waals surface area contributed by atoms with E-state index in [2.05, 4.69) is 5.32 Å². The summed E-state index contributed by atoms with van der Waals surface area (Å²) in [7, 11) is -1.28. The zero-order valence-electron chi connectivity index (χ0n) is 25.4. The van der Waals surface area contributed by atoms with Crippen molar-refractivity contribution in [2.45, 2.75) is 64.1 Å². The van der Waals surface area contributed by atoms with Gasteiger partial charge in [0.1, 0.15) is 12.6 Å². The van der Waals surface area contributed by atoms with E-state index in [1.807, 2.05) is 65.0 Å². The van der Waals surface area contributed by atoms with E-state index in [-0.39, 0.29) is 23.0 Å². The van der Waals surface area contributed by atoms with Crippen molar-refractivity contribution in [3.8, 4) is 11.5 Å². The molecule has 0 saturated heterocycles. The number of sulfonamides is 1. The molecule has 0 spiro atoms. The minimum Gasteiger partial charge on any atom is -0.493 e. The summed E-state index contributed by atoms with van der Waals surface area (Å²) in [4.78, 5) is 29.1. The molecule has 0 aromatic heterocycles. The van der Waals surface area contributed by atoms with Crippen LogP contribution in [0.1, 0.15) is 45.2 Å². The van der Waals surface area contributed by atoms with E-state index in [0.717, 1.165) is 15.4 Å². The lowest BCUT2D eigenvalue weighted by Crippen LogP contribution is -2.55. The number of carbonyl (C=O) groups excluding carboxylic acids is 2. The predicted molar refractivity (Wildman–Crippen MR) is 164 cm³/mol. The second-order valence-corrected chi connectivity index (χ2v) is 12.9. The van der Waals surface area contributed by atoms with Gasteiger partial charge in [-0.05, 0) is 63.9 Å². The average Bonchev–Trinajstić information content (AvgIpc) is 2.95. The molecule has 0 heterocycles. The number of anilines is 1. The molecule has 1 atom stereocenters. The number of aryl methyl sites for hydroxylation is 1. The van der Waals surface area contributed by atoms with Crippen LogP contribution in [0.5, 0.6) is 11.5 Å². The maximum absolute atomic E-state index is 14.2. The van der Waals surface area contributed by atoms with Crippen LogP contribution in [-0.2, 0) is 26.2 Å². The molecule has 0 aliphatic carbocycles. The zero-order valence-corrected chi connectivity index (χ0v) is 26.2. The second kappa shape index (κ2) is 13.7. The van der Waals surface area contributed by atoms with Crippen molar-refractivity contribution in [2.75, 3.05) is 25.1 Å². The third-order valence-electron chi connectivity index (χ3n) is 6.62. The molecule has 226 valence electrons. The van der Waals surface area contributed by atoms with Gasteiger partial charge in [-0.2, -0.15) is 0 Å². The first-order valence-corrected chi connectivity index (χ1v) is 15.2. The predicted octanol–water partition coefficient (Wildman–Crippen LogP) is 4.93. The van der Waals surface area contributed by atoms with Crippen molar-refractivity contribution in [3.05, 3.63) is 83.9 Å². The van der Waals surface area contributed by atoms with Crippen LogP contribution in [0.15, 0.2) is 77.7 Å². The normalized spacial score (nSPS) is 12.3. The van der Waals surface area contributed by atoms with Crippen molar-refractivity contribution in [2.24, 2.45) is 0 Å². The van der Waals surface area contributed by atoms with E-state index >= 15 is 0 Å². The molecule has 0 radical (unpaired) electrons. The summed E-state index contributed by atoms with van der Waals surface area (Å²) >= 11 is 0. The highest BCUT2D eigenvalue weighted by atomic mass is 32.2. The van der Waals surface area contributed by atoms with Crippen molar-refractivity contribution in [1.82, 2.24) is 10.2 Å². The van der Waals surface area contributed by atoms with Crippen LogP contribution in [0.4, 0.5) is 5.69 Å². The molecule has 3 aromatic carbocycles. The number of carbonyl (C=O) groups is 2. The fraction of sp³-hybridized carbons (Fsp3) is 0.375. The van der Waals surface area contributed by atoms with Crippen molar-refractivity contribution < 1.29 is 27.5 Å². The standard InChI is InChI=1S/C32H41N3O6S/c1-8-27(31(37)33-32(3,4)5)34(21-24-12-10-9-11-13-24)30(36)22-35(25-16-19-28(40-6)29(20-25)41-7)42(38,39)26-17-14-23(2)15-18-26/h9-20,27H,8,21-22H2,1-7H3,(H,33,37)/t27-/m0/s1. The number of hydrogen-bond acceptors (Lipinski definition) is 6. The Hall–Kier alpha value is -4.05. The Labute approximate surface area is 249 Å². The zero-order chi connectivity index (χ0) is 31.1. The average molecular weight is 596 g/mol. The number of nitrogens with zero attached hydrogens (tertiary/aromatic N) is 2. The Morgan fingerprint density at radius 1 is 0.905 bits per heavy atom. The van der Waals surface area contributed by atoms with E-state index in [0.29, 0.717) is 17.9 Å². The molecule has 0 saturated carbocycles. The molecule has 3 aromatic rings. The lowest BCUT2D eigenvalue weighted by molar-refractivity contribution is -0.141. The smallest absolute Gasteiger partial charge is 0.264 e. The molecular formula is C32H41N3O6S. The van der Waals surface area contributed by atoms with Gasteiger partial charge in [0.05, 0.1) is 24.8 Å². The Bertz CT molecular complexity index is 1470. The van der Waals surface area contributed by atoms with E-state index in [4.69, 9.17) is 9.47 Å². The van der Waals surface area contributed by atoms with Gasteiger partial charge in [0, 0.05) is 18.2 Å². The van der Waals surface area contributed by atoms with Gasteiger partial charge in [0.15, 0.2) is 11.5 Å². The third-order valence-corrected chi connectivity index (χ3v) is 8.41. The van der Waals surface area contributed by atoms with Gasteiger partial charge in [-0.25, -0.2) is 8.42 Å². The first-order valence-electron chi connectivity index (χ1n) is 13.8. The molecule has 0 unspecified atom stereocenters. The first-order chi connectivity index (χ1) is 19.8. The highest BCUT2D eigenvalue weighted by Crippen LogP contribution is 2.34. The molecule has 0 aliphatic heterocycles. The quantitative estimate of drug-likeness (QED) is 0.318. The number of methoxy groups -OCH3 is 2. The van der Waals surface area contributed by atoms with Gasteiger partial charge >= 0.3 is 0 Å². The topological polar surface area (TPSA) is 105 Å². The fourth-order valence-electron chi connectivity index (χ4n) is 4.50. The summed E-state index contributed by atoms with van der Waals surface area (Å²) in [6, 6.07) is 19.6. The third kappa shape index (κ3) is 8.03. The summed E-state index contributed by atoms with van der Waals surface area (Å²) in [6.45, 7) is 8.88. The summed E-state index contributed by atoms with van der Waals surface area (Å²) in [5.74, 6) is -0.117. The van der Waals surface area contributed by atoms with E-state index < -0.39 is 34.1 Å². The molecule has 10 heteroatoms. The highest BCUT2D eigenvalue weighted by Gasteiger charge is 2.35. The van der Waals surface area contributed by atoms with Gasteiger partial charge in [-0.1, -0.05) is 55.0 Å². The van der Waals surface area contributed by atoms with Gasteiger partial charge < -0.3 is 19.7 Å². The summed E-state index contributed by atoms with van der Waals surface area (Å²) in [5.41, 5.74) is 1.40. The van der Waals surface area contributed by atoms with E-state index in [9.17, 15) is 18.0 Å². The maximum atomic E-state index is 14.2. The molecule has 1 N–H and O–H groups in total. The van der Waals surface area contributed by atoms with Crippen LogP contribution < -0.4 is 19.1 Å². The van der Waals surface area contributed by atoms with E-state index in [1.165, 1.54) is 37.3 Å². The number of benzene rings is 3. The lowest BCUT2D eigenvalue weighted by Gasteiger charge is -2.34. The molecule has 0 fully saturated rings. The van der Waals surface area contributed by atoms with Crippen LogP contribution in [0, 0.1) is 6.92 Å². The summed E-state index contributed by atoms with van der Waals surface area (Å²) in [6.07, 6.45) is 0.335. The molecule has 0 bridgehead atoms. The second-order valence-electron chi connectivity index (χ2n) is 11.0. The fourth-order valence-corrected chi connectivity index (χ4v) is 5.90. The van der Waals surface area contributed by atoms with Crippen LogP contribution >= 0.6 is 0 Å². The summed E-state index contributed by atoms with van der Waals surface area (Å²) in [5, 5.41) is 2.97. The van der Waals surface area contributed by atoms with Crippen molar-refractivity contribution in [1.29, 1.82) is 0 Å². The largest absolute Gasteiger partial charge is 0.493 e. The molecule has 0 aliphatic rings. The minimum atomic E-state index is -4.21. The van der Waals surface area contributed by atoms with Crippen LogP contribution in [-0.4, -0.2) is 57.5 Å². The molecule has 42 heavy (non-hydrogen) atoms. The monoisotopic (exact) mass is 595 g/mol. The van der Waals surface area contributed by atoms with Gasteiger partial charge in [0.25, 0.3) is 10.0 Å². The lowest BCUT2D eigenvalue weighted by atomic mass is 10.1. The van der Waals surface area contributed by atoms with Crippen molar-refractivity contribution in [3.63, 3.8) is 0 Å². The SMILES string of the molecule is CC[C@@H](C(=O)NC(C)(C)C)N(Cc1ccccc1)C(=O)CN(c1ccc(OC)c(OC)c1)S(=O)(=O)c1ccc(C)cc1.